The van der Waals surface area contributed by atoms with E-state index >= 15 is 0 Å². The van der Waals surface area contributed by atoms with E-state index in [-0.39, 0.29) is 36.7 Å². The first-order valence-corrected chi connectivity index (χ1v) is 12.1. The van der Waals surface area contributed by atoms with E-state index in [1.54, 1.807) is 24.3 Å². The van der Waals surface area contributed by atoms with Crippen molar-refractivity contribution in [1.82, 2.24) is 4.31 Å². The van der Waals surface area contributed by atoms with Crippen molar-refractivity contribution in [3.05, 3.63) is 65.7 Å². The van der Waals surface area contributed by atoms with Gasteiger partial charge in [-0.05, 0) is 37.5 Å². The average molecular weight is 470 g/mol. The van der Waals surface area contributed by atoms with Crippen LogP contribution in [0.1, 0.15) is 36.8 Å². The quantitative estimate of drug-likeness (QED) is 0.472. The Kier molecular flexibility index (Phi) is 7.90. The minimum absolute atomic E-state index is 0.117. The molecule has 0 heterocycles. The predicted molar refractivity (Wildman–Crippen MR) is 123 cm³/mol. The Bertz CT molecular complexity index is 1140. The van der Waals surface area contributed by atoms with Gasteiger partial charge in [0.05, 0.1) is 24.1 Å². The summed E-state index contributed by atoms with van der Waals surface area (Å²) in [6, 6.07) is 16.0. The molecule has 1 aliphatic rings. The number of ketones is 1. The Morgan fingerprint density at radius 3 is 2.27 bits per heavy atom. The minimum Gasteiger partial charge on any atom is -0.438 e. The van der Waals surface area contributed by atoms with Gasteiger partial charge in [-0.15, -0.1) is 0 Å². The number of Topliss-reactive ketones (excluding diaryl/α,β-unsaturated/α-hetero) is 1. The number of ether oxygens (including phenoxy) is 2. The minimum atomic E-state index is -3.96. The third-order valence-electron chi connectivity index (χ3n) is 5.81. The van der Waals surface area contributed by atoms with E-state index in [9.17, 15) is 18.0 Å². The smallest absolute Gasteiger partial charge is 0.438 e. The van der Waals surface area contributed by atoms with Crippen molar-refractivity contribution in [2.24, 2.45) is 0 Å². The average Bonchev–Trinajstić information content (AvgIpc) is 2.83. The van der Waals surface area contributed by atoms with Gasteiger partial charge in [0.1, 0.15) is 5.78 Å². The lowest BCUT2D eigenvalue weighted by atomic mass is 9.76. The molecule has 8 heteroatoms. The number of nitrogens with zero attached hydrogens (tertiary/aromatic N) is 1. The second-order valence-corrected chi connectivity index (χ2v) is 9.72. The summed E-state index contributed by atoms with van der Waals surface area (Å²) >= 11 is 0. The van der Waals surface area contributed by atoms with Gasteiger partial charge in [0.25, 0.3) is 0 Å². The second-order valence-electron chi connectivity index (χ2n) is 7.86. The van der Waals surface area contributed by atoms with E-state index in [1.807, 2.05) is 37.3 Å². The highest BCUT2D eigenvalue weighted by Gasteiger charge is 2.47. The zero-order chi connectivity index (χ0) is 23.9. The third kappa shape index (κ3) is 5.62. The van der Waals surface area contributed by atoms with E-state index in [1.165, 1.54) is 11.4 Å². The molecule has 0 saturated heterocycles. The number of carbonyl (C=O) groups is 2. The van der Waals surface area contributed by atoms with Crippen LogP contribution in [0.3, 0.4) is 0 Å². The van der Waals surface area contributed by atoms with Crippen LogP contribution in [0.15, 0.2) is 59.5 Å². The molecule has 1 aliphatic carbocycles. The highest BCUT2D eigenvalue weighted by molar-refractivity contribution is 7.89. The summed E-state index contributed by atoms with van der Waals surface area (Å²) in [6.07, 6.45) is 0.434. The van der Waals surface area contributed by atoms with Gasteiger partial charge in [-0.25, -0.2) is 13.2 Å². The molecule has 2 aromatic rings. The van der Waals surface area contributed by atoms with Crippen LogP contribution in [-0.2, 0) is 29.8 Å². The van der Waals surface area contributed by atoms with Crippen molar-refractivity contribution in [3.63, 3.8) is 0 Å². The Balaban J connectivity index is 2.05. The number of hydrogen-bond acceptors (Lipinski definition) is 6. The number of methoxy groups -OCH3 is 1. The SMILES string of the molecule is COC(=O)OCC#CCN(C1(c2ccccc2)CCC(=O)CC1)S(=O)(=O)c1ccc(C)cc1. The number of benzene rings is 2. The number of aryl methyl sites for hydroxylation is 1. The van der Waals surface area contributed by atoms with Crippen LogP contribution in [0.4, 0.5) is 4.79 Å². The van der Waals surface area contributed by atoms with Gasteiger partial charge in [-0.1, -0.05) is 59.9 Å². The van der Waals surface area contributed by atoms with Gasteiger partial charge in [0, 0.05) is 12.8 Å². The normalized spacial score (nSPS) is 15.4. The van der Waals surface area contributed by atoms with Crippen LogP contribution in [0.25, 0.3) is 0 Å². The van der Waals surface area contributed by atoms with Gasteiger partial charge in [0.15, 0.2) is 6.61 Å². The van der Waals surface area contributed by atoms with E-state index < -0.39 is 21.7 Å². The summed E-state index contributed by atoms with van der Waals surface area (Å²) in [6.45, 7) is 1.55. The van der Waals surface area contributed by atoms with Gasteiger partial charge in [-0.3, -0.25) is 4.79 Å². The molecule has 0 aliphatic heterocycles. The molecule has 174 valence electrons. The fourth-order valence-electron chi connectivity index (χ4n) is 4.01. The summed E-state index contributed by atoms with van der Waals surface area (Å²) in [5.41, 5.74) is 0.846. The highest BCUT2D eigenvalue weighted by atomic mass is 32.2. The molecule has 0 bridgehead atoms. The molecular formula is C25H27NO6S. The van der Waals surface area contributed by atoms with Crippen LogP contribution in [0, 0.1) is 18.8 Å². The predicted octanol–water partition coefficient (Wildman–Crippen LogP) is 3.81. The molecule has 0 spiro atoms. The Hall–Kier alpha value is -3.15. The Morgan fingerprint density at radius 1 is 1.03 bits per heavy atom. The zero-order valence-electron chi connectivity index (χ0n) is 18.7. The first-order chi connectivity index (χ1) is 15.8. The maximum Gasteiger partial charge on any atom is 0.508 e. The standard InChI is InChI=1S/C25H27NO6S/c1-20-10-12-23(13-11-20)33(29,30)26(18-6-7-19-32-24(28)31-2)25(16-14-22(27)15-17-25)21-8-4-3-5-9-21/h3-5,8-13H,14-19H2,1-2H3. The molecule has 33 heavy (non-hydrogen) atoms. The van der Waals surface area contributed by atoms with Gasteiger partial charge < -0.3 is 9.47 Å². The van der Waals surface area contributed by atoms with Crippen LogP contribution in [0.2, 0.25) is 0 Å². The van der Waals surface area contributed by atoms with Crippen molar-refractivity contribution in [1.29, 1.82) is 0 Å². The van der Waals surface area contributed by atoms with Gasteiger partial charge in [-0.2, -0.15) is 4.31 Å². The number of carbonyl (C=O) groups excluding carboxylic acids is 2. The first kappa shape index (κ1) is 24.5. The van der Waals surface area contributed by atoms with Crippen molar-refractivity contribution in [2.75, 3.05) is 20.3 Å². The fraction of sp³-hybridized carbons (Fsp3) is 0.360. The summed E-state index contributed by atoms with van der Waals surface area (Å²) in [5.74, 6) is 5.64. The molecule has 0 radical (unpaired) electrons. The van der Waals surface area contributed by atoms with E-state index in [0.29, 0.717) is 12.8 Å². The summed E-state index contributed by atoms with van der Waals surface area (Å²) in [5, 5.41) is 0. The molecule has 1 fully saturated rings. The van der Waals surface area contributed by atoms with Crippen LogP contribution < -0.4 is 0 Å². The maximum atomic E-state index is 13.9. The number of hydrogen-bond donors (Lipinski definition) is 0. The number of sulfonamides is 1. The van der Waals surface area contributed by atoms with Crippen molar-refractivity contribution >= 4 is 22.0 Å². The van der Waals surface area contributed by atoms with Crippen LogP contribution in [-0.4, -0.2) is 44.9 Å². The topological polar surface area (TPSA) is 90.0 Å². The lowest BCUT2D eigenvalue weighted by Crippen LogP contribution is -2.51. The second kappa shape index (κ2) is 10.6. The van der Waals surface area contributed by atoms with Crippen molar-refractivity contribution in [2.45, 2.75) is 43.0 Å². The van der Waals surface area contributed by atoms with E-state index in [2.05, 4.69) is 16.6 Å². The van der Waals surface area contributed by atoms with Crippen LogP contribution >= 0.6 is 0 Å². The first-order valence-electron chi connectivity index (χ1n) is 10.6. The highest BCUT2D eigenvalue weighted by Crippen LogP contribution is 2.44. The summed E-state index contributed by atoms with van der Waals surface area (Å²) in [4.78, 5) is 23.4. The van der Waals surface area contributed by atoms with Crippen molar-refractivity contribution in [3.8, 4) is 11.8 Å². The lowest BCUT2D eigenvalue weighted by Gasteiger charge is -2.45. The Labute approximate surface area is 194 Å². The number of rotatable bonds is 6. The molecular weight excluding hydrogens is 442 g/mol. The zero-order valence-corrected chi connectivity index (χ0v) is 19.6. The van der Waals surface area contributed by atoms with Gasteiger partial charge in [0.2, 0.25) is 10.0 Å². The van der Waals surface area contributed by atoms with Gasteiger partial charge >= 0.3 is 6.16 Å². The van der Waals surface area contributed by atoms with Crippen LogP contribution in [0.5, 0.6) is 0 Å². The monoisotopic (exact) mass is 469 g/mol. The molecule has 0 atom stereocenters. The molecule has 0 N–H and O–H groups in total. The molecule has 3 rings (SSSR count). The van der Waals surface area contributed by atoms with E-state index in [0.717, 1.165) is 11.1 Å². The Morgan fingerprint density at radius 2 is 1.67 bits per heavy atom. The molecule has 0 aromatic heterocycles. The van der Waals surface area contributed by atoms with E-state index in [4.69, 9.17) is 4.74 Å². The largest absolute Gasteiger partial charge is 0.508 e. The third-order valence-corrected chi connectivity index (χ3v) is 7.74. The molecule has 0 unspecified atom stereocenters. The maximum absolute atomic E-state index is 13.9. The molecule has 0 amide bonds. The summed E-state index contributed by atoms with van der Waals surface area (Å²) < 4.78 is 38.4. The molecule has 7 nitrogen and oxygen atoms in total. The fourth-order valence-corrected chi connectivity index (χ4v) is 5.73. The molecule has 1 saturated carbocycles. The lowest BCUT2D eigenvalue weighted by molar-refractivity contribution is -0.122. The van der Waals surface area contributed by atoms with Crippen molar-refractivity contribution < 1.29 is 27.5 Å². The summed E-state index contributed by atoms with van der Waals surface area (Å²) in [7, 11) is -2.77. The molecule has 2 aromatic carbocycles.